The van der Waals surface area contributed by atoms with E-state index in [1.54, 1.807) is 0 Å². The molecule has 6 nitrogen and oxygen atoms in total. The normalized spacial score (nSPS) is 18.2. The number of carbonyl (C=O) groups excluding carboxylic acids is 1. The number of hydrogen-bond acceptors (Lipinski definition) is 3. The van der Waals surface area contributed by atoms with Gasteiger partial charge in [-0.15, -0.1) is 0 Å². The van der Waals surface area contributed by atoms with Crippen LogP contribution >= 0.6 is 0 Å². The third kappa shape index (κ3) is 3.69. The number of nitrogens with zero attached hydrogens (tertiary/aromatic N) is 3. The molecule has 9 heteroatoms. The minimum absolute atomic E-state index is 0.0865. The summed E-state index contributed by atoms with van der Waals surface area (Å²) in [5.74, 6) is -1.52. The van der Waals surface area contributed by atoms with Gasteiger partial charge in [-0.25, -0.2) is 9.50 Å². The van der Waals surface area contributed by atoms with Crippen molar-refractivity contribution in [3.05, 3.63) is 58.0 Å². The van der Waals surface area contributed by atoms with E-state index in [1.165, 1.54) is 49.9 Å². The Kier molecular flexibility index (Phi) is 5.06. The zero-order chi connectivity index (χ0) is 22.5. The fourth-order valence-electron chi connectivity index (χ4n) is 4.67. The van der Waals surface area contributed by atoms with Gasteiger partial charge >= 0.3 is 6.18 Å². The van der Waals surface area contributed by atoms with Gasteiger partial charge in [0.2, 0.25) is 0 Å². The number of aromatic amines is 1. The Balaban J connectivity index is 1.42. The highest BCUT2D eigenvalue weighted by Gasteiger charge is 2.49. The molecule has 0 atom stereocenters. The smallest absolute Gasteiger partial charge is 0.337 e. The molecule has 0 unspecified atom stereocenters. The van der Waals surface area contributed by atoms with Gasteiger partial charge < -0.3 is 4.90 Å². The number of alkyl halides is 3. The number of fused-ring (bicyclic) bond motifs is 1. The van der Waals surface area contributed by atoms with E-state index in [9.17, 15) is 22.8 Å². The van der Waals surface area contributed by atoms with Crippen molar-refractivity contribution in [2.45, 2.75) is 44.2 Å². The van der Waals surface area contributed by atoms with Crippen LogP contribution in [0.2, 0.25) is 0 Å². The summed E-state index contributed by atoms with van der Waals surface area (Å²) in [5.41, 5.74) is 2.27. The molecule has 2 aliphatic rings. The maximum absolute atomic E-state index is 12.8. The van der Waals surface area contributed by atoms with E-state index in [-0.39, 0.29) is 24.3 Å². The monoisotopic (exact) mass is 444 g/mol. The Bertz CT molecular complexity index is 1200. The first-order chi connectivity index (χ1) is 15.3. The van der Waals surface area contributed by atoms with Crippen molar-refractivity contribution in [2.24, 2.45) is 5.92 Å². The van der Waals surface area contributed by atoms with Crippen LogP contribution in [0.15, 0.2) is 41.3 Å². The van der Waals surface area contributed by atoms with Gasteiger partial charge in [0.05, 0.1) is 11.6 Å². The van der Waals surface area contributed by atoms with Crippen molar-refractivity contribution in [2.75, 3.05) is 13.1 Å². The lowest BCUT2D eigenvalue weighted by Gasteiger charge is -2.39. The number of halogens is 3. The summed E-state index contributed by atoms with van der Waals surface area (Å²) in [6.07, 6.45) is 3.15. The average Bonchev–Trinajstić information content (AvgIpc) is 3.17. The Hall–Kier alpha value is -3.10. The number of likely N-dealkylation sites (tertiary alicyclic amines) is 1. The Morgan fingerprint density at radius 1 is 1.06 bits per heavy atom. The Labute approximate surface area is 182 Å². The molecule has 0 bridgehead atoms. The molecule has 1 aliphatic carbocycles. The maximum Gasteiger partial charge on any atom is 0.395 e. The molecule has 1 aromatic carbocycles. The molecule has 1 N–H and O–H groups in total. The molecule has 1 amide bonds. The van der Waals surface area contributed by atoms with Gasteiger partial charge in [-0.1, -0.05) is 43.5 Å². The van der Waals surface area contributed by atoms with Crippen LogP contribution in [-0.4, -0.2) is 44.7 Å². The van der Waals surface area contributed by atoms with E-state index >= 15 is 0 Å². The lowest BCUT2D eigenvalue weighted by molar-refractivity contribution is -0.202. The zero-order valence-corrected chi connectivity index (χ0v) is 17.4. The first-order valence-corrected chi connectivity index (χ1v) is 10.9. The fraction of sp³-hybridized carbons (Fsp3) is 0.435. The van der Waals surface area contributed by atoms with Gasteiger partial charge in [0.25, 0.3) is 11.5 Å². The van der Waals surface area contributed by atoms with Crippen molar-refractivity contribution in [3.63, 3.8) is 0 Å². The summed E-state index contributed by atoms with van der Waals surface area (Å²) < 4.78 is 39.4. The predicted molar refractivity (Wildman–Crippen MR) is 113 cm³/mol. The largest absolute Gasteiger partial charge is 0.395 e. The lowest BCUT2D eigenvalue weighted by atomic mass is 9.84. The first kappa shape index (κ1) is 20.8. The number of aromatic nitrogens is 3. The van der Waals surface area contributed by atoms with Crippen LogP contribution in [0.5, 0.6) is 0 Å². The lowest BCUT2D eigenvalue weighted by Crippen LogP contribution is -2.55. The van der Waals surface area contributed by atoms with Crippen molar-refractivity contribution < 1.29 is 18.0 Å². The molecule has 2 aromatic heterocycles. The topological polar surface area (TPSA) is 70.5 Å². The molecule has 1 saturated heterocycles. The molecule has 0 spiro atoms. The number of H-pyrrole nitrogens is 1. The fourth-order valence-corrected chi connectivity index (χ4v) is 4.67. The standard InChI is InChI=1S/C23H23F3N4O2/c24-23(25,26)17-12-29(13-17)22(32)18-11-27-30-20(31)10-19(28-21(18)30)16-8-6-15(7-9-16)14-4-2-1-3-5-14/h6-11,14,17,27H,1-5,12-13H2. The minimum atomic E-state index is -4.32. The maximum atomic E-state index is 12.8. The Morgan fingerprint density at radius 2 is 1.75 bits per heavy atom. The van der Waals surface area contributed by atoms with Crippen molar-refractivity contribution in [3.8, 4) is 11.3 Å². The van der Waals surface area contributed by atoms with Gasteiger partial charge in [-0.2, -0.15) is 13.2 Å². The average molecular weight is 444 g/mol. The van der Waals surface area contributed by atoms with Crippen molar-refractivity contribution in [1.29, 1.82) is 0 Å². The van der Waals surface area contributed by atoms with E-state index in [1.807, 2.05) is 12.1 Å². The number of nitrogens with one attached hydrogen (secondary N) is 1. The number of rotatable bonds is 3. The predicted octanol–water partition coefficient (Wildman–Crippen LogP) is 4.37. The van der Waals surface area contributed by atoms with Crippen LogP contribution in [0, 0.1) is 5.92 Å². The molecule has 0 radical (unpaired) electrons. The highest BCUT2D eigenvalue weighted by atomic mass is 19.4. The van der Waals surface area contributed by atoms with Crippen LogP contribution in [0.25, 0.3) is 16.9 Å². The molecular formula is C23H23F3N4O2. The van der Waals surface area contributed by atoms with Gasteiger partial charge in [0, 0.05) is 30.9 Å². The molecular weight excluding hydrogens is 421 g/mol. The second-order valence-corrected chi connectivity index (χ2v) is 8.73. The first-order valence-electron chi connectivity index (χ1n) is 10.9. The van der Waals surface area contributed by atoms with E-state index in [4.69, 9.17) is 0 Å². The van der Waals surface area contributed by atoms with Crippen LogP contribution < -0.4 is 5.56 Å². The molecule has 3 aromatic rings. The minimum Gasteiger partial charge on any atom is -0.337 e. The highest BCUT2D eigenvalue weighted by molar-refractivity contribution is 6.00. The van der Waals surface area contributed by atoms with E-state index in [2.05, 4.69) is 22.2 Å². The van der Waals surface area contributed by atoms with Crippen LogP contribution in [-0.2, 0) is 0 Å². The summed E-state index contributed by atoms with van der Waals surface area (Å²) in [6.45, 7) is -0.765. The van der Waals surface area contributed by atoms with E-state index in [0.717, 1.165) is 15.0 Å². The van der Waals surface area contributed by atoms with Gasteiger partial charge in [0.1, 0.15) is 5.56 Å². The van der Waals surface area contributed by atoms with Crippen LogP contribution in [0.1, 0.15) is 53.9 Å². The summed E-state index contributed by atoms with van der Waals surface area (Å²) in [4.78, 5) is 30.9. The number of hydrogen-bond donors (Lipinski definition) is 1. The molecule has 2 fully saturated rings. The SMILES string of the molecule is O=C(c1c[nH]n2c(=O)cc(-c3ccc(C4CCCCC4)cc3)nc12)N1CC(C(F)(F)F)C1. The molecule has 1 aliphatic heterocycles. The second kappa shape index (κ2) is 7.79. The molecule has 5 rings (SSSR count). The number of amides is 1. The number of benzene rings is 1. The third-order valence-corrected chi connectivity index (χ3v) is 6.64. The van der Waals surface area contributed by atoms with E-state index in [0.29, 0.717) is 11.6 Å². The van der Waals surface area contributed by atoms with Gasteiger partial charge in [-0.3, -0.25) is 14.7 Å². The highest BCUT2D eigenvalue weighted by Crippen LogP contribution is 2.35. The van der Waals surface area contributed by atoms with E-state index < -0.39 is 23.6 Å². The Morgan fingerprint density at radius 3 is 2.41 bits per heavy atom. The summed E-state index contributed by atoms with van der Waals surface area (Å²) >= 11 is 0. The zero-order valence-electron chi connectivity index (χ0n) is 17.4. The summed E-state index contributed by atoms with van der Waals surface area (Å²) in [5, 5.41) is 2.68. The summed E-state index contributed by atoms with van der Waals surface area (Å²) in [6, 6.07) is 9.38. The van der Waals surface area contributed by atoms with Crippen molar-refractivity contribution in [1.82, 2.24) is 19.5 Å². The number of carbonyl (C=O) groups is 1. The van der Waals surface area contributed by atoms with Crippen LogP contribution in [0.4, 0.5) is 13.2 Å². The second-order valence-electron chi connectivity index (χ2n) is 8.73. The van der Waals surface area contributed by atoms with Crippen LogP contribution in [0.3, 0.4) is 0 Å². The third-order valence-electron chi connectivity index (χ3n) is 6.64. The quantitative estimate of drug-likeness (QED) is 0.652. The van der Waals surface area contributed by atoms with Gasteiger partial charge in [-0.05, 0) is 24.3 Å². The van der Waals surface area contributed by atoms with Gasteiger partial charge in [0.15, 0.2) is 5.65 Å². The molecule has 32 heavy (non-hydrogen) atoms. The van der Waals surface area contributed by atoms with Crippen molar-refractivity contribution >= 4 is 11.6 Å². The molecule has 3 heterocycles. The molecule has 1 saturated carbocycles. The molecule has 168 valence electrons. The summed E-state index contributed by atoms with van der Waals surface area (Å²) in [7, 11) is 0.